The molecule has 18 heavy (non-hydrogen) atoms. The molecule has 0 atom stereocenters. The van der Waals surface area contributed by atoms with Crippen molar-refractivity contribution in [2.75, 3.05) is 24.6 Å². The van der Waals surface area contributed by atoms with E-state index in [9.17, 15) is 8.42 Å². The molecule has 0 amide bonds. The summed E-state index contributed by atoms with van der Waals surface area (Å²) in [6.07, 6.45) is 0. The maximum absolute atomic E-state index is 11.5. The molecule has 0 bridgehead atoms. The number of para-hydroxylation sites is 2. The Morgan fingerprint density at radius 3 is 2.72 bits per heavy atom. The highest BCUT2D eigenvalue weighted by Gasteiger charge is 2.10. The number of hydrogen-bond donors (Lipinski definition) is 2. The van der Waals surface area contributed by atoms with Crippen LogP contribution in [0.5, 0.6) is 5.75 Å². The highest BCUT2D eigenvalue weighted by molar-refractivity contribution is 7.89. The molecule has 3 N–H and O–H groups in total. The fraction of sp³-hybridized carbons (Fsp3) is 0.273. The summed E-state index contributed by atoms with van der Waals surface area (Å²) in [5.41, 5.74) is 6.12. The number of halogens is 1. The van der Waals surface area contributed by atoms with Gasteiger partial charge in [0.25, 0.3) is 0 Å². The molecule has 100 valence electrons. The summed E-state index contributed by atoms with van der Waals surface area (Å²) in [5.74, 6) is 0.292. The number of nitrogens with one attached hydrogen (secondary N) is 1. The number of rotatable bonds is 7. The van der Waals surface area contributed by atoms with Crippen LogP contribution in [0.15, 0.2) is 35.9 Å². The molecular weight excluding hydrogens is 276 g/mol. The van der Waals surface area contributed by atoms with Crippen molar-refractivity contribution in [1.82, 2.24) is 4.72 Å². The van der Waals surface area contributed by atoms with Gasteiger partial charge in [-0.25, -0.2) is 13.1 Å². The van der Waals surface area contributed by atoms with Gasteiger partial charge in [-0.05, 0) is 12.1 Å². The van der Waals surface area contributed by atoms with E-state index in [1.807, 2.05) is 0 Å². The number of benzene rings is 1. The van der Waals surface area contributed by atoms with Crippen LogP contribution in [0.25, 0.3) is 0 Å². The highest BCUT2D eigenvalue weighted by atomic mass is 35.5. The van der Waals surface area contributed by atoms with Gasteiger partial charge in [0, 0.05) is 11.6 Å². The van der Waals surface area contributed by atoms with E-state index in [1.54, 1.807) is 24.3 Å². The third-order valence-corrected chi connectivity index (χ3v) is 3.43. The van der Waals surface area contributed by atoms with E-state index >= 15 is 0 Å². The van der Waals surface area contributed by atoms with E-state index in [0.29, 0.717) is 11.4 Å². The molecule has 0 aromatic heterocycles. The smallest absolute Gasteiger partial charge is 0.215 e. The summed E-state index contributed by atoms with van der Waals surface area (Å²) in [6.45, 7) is 3.41. The third kappa shape index (κ3) is 5.39. The van der Waals surface area contributed by atoms with E-state index in [2.05, 4.69) is 11.3 Å². The van der Waals surface area contributed by atoms with Crippen molar-refractivity contribution in [2.45, 2.75) is 0 Å². The van der Waals surface area contributed by atoms with Gasteiger partial charge in [-0.3, -0.25) is 0 Å². The van der Waals surface area contributed by atoms with Gasteiger partial charge in [0.05, 0.1) is 11.4 Å². The van der Waals surface area contributed by atoms with E-state index < -0.39 is 10.0 Å². The van der Waals surface area contributed by atoms with Gasteiger partial charge >= 0.3 is 0 Å². The Hall–Kier alpha value is -1.24. The second-order valence-electron chi connectivity index (χ2n) is 3.54. The second kappa shape index (κ2) is 6.63. The number of anilines is 1. The standard InChI is InChI=1S/C11H15ClN2O3S/c1-9(12)8-14-18(15,16)7-6-17-11-5-3-2-4-10(11)13/h2-5,14H,1,6-8,13H2. The van der Waals surface area contributed by atoms with Gasteiger partial charge in [0.2, 0.25) is 10.0 Å². The zero-order chi connectivity index (χ0) is 13.6. The average molecular weight is 291 g/mol. The van der Waals surface area contributed by atoms with Crippen LogP contribution in [0.3, 0.4) is 0 Å². The van der Waals surface area contributed by atoms with Crippen molar-refractivity contribution in [3.8, 4) is 5.75 Å². The Morgan fingerprint density at radius 2 is 2.11 bits per heavy atom. The van der Waals surface area contributed by atoms with Gasteiger partial charge in [0.15, 0.2) is 0 Å². The Kier molecular flexibility index (Phi) is 5.46. The highest BCUT2D eigenvalue weighted by Crippen LogP contribution is 2.19. The first-order valence-corrected chi connectivity index (χ1v) is 7.21. The fourth-order valence-corrected chi connectivity index (χ4v) is 2.12. The molecule has 0 radical (unpaired) electrons. The summed E-state index contributed by atoms with van der Waals surface area (Å²) < 4.78 is 30.5. The van der Waals surface area contributed by atoms with Crippen molar-refractivity contribution in [2.24, 2.45) is 0 Å². The van der Waals surface area contributed by atoms with Crippen LogP contribution in [0.4, 0.5) is 5.69 Å². The monoisotopic (exact) mass is 290 g/mol. The zero-order valence-corrected chi connectivity index (χ0v) is 11.3. The number of ether oxygens (including phenoxy) is 1. The van der Waals surface area contributed by atoms with Crippen LogP contribution >= 0.6 is 11.6 Å². The predicted octanol–water partition coefficient (Wildman–Crippen LogP) is 1.32. The molecule has 1 aromatic carbocycles. The van der Waals surface area contributed by atoms with Crippen LogP contribution in [0, 0.1) is 0 Å². The minimum atomic E-state index is -3.42. The van der Waals surface area contributed by atoms with Crippen LogP contribution in [0.1, 0.15) is 0 Å². The summed E-state index contributed by atoms with van der Waals surface area (Å²) in [6, 6.07) is 6.89. The molecule has 5 nitrogen and oxygen atoms in total. The first-order chi connectivity index (χ1) is 8.41. The van der Waals surface area contributed by atoms with Crippen LogP contribution in [0.2, 0.25) is 0 Å². The SMILES string of the molecule is C=C(Cl)CNS(=O)(=O)CCOc1ccccc1N. The average Bonchev–Trinajstić information content (AvgIpc) is 2.29. The van der Waals surface area contributed by atoms with Crippen molar-refractivity contribution < 1.29 is 13.2 Å². The van der Waals surface area contributed by atoms with E-state index in [0.717, 1.165) is 0 Å². The maximum Gasteiger partial charge on any atom is 0.215 e. The summed E-state index contributed by atoms with van der Waals surface area (Å²) in [7, 11) is -3.42. The van der Waals surface area contributed by atoms with Crippen LogP contribution in [-0.2, 0) is 10.0 Å². The van der Waals surface area contributed by atoms with E-state index in [-0.39, 0.29) is 23.9 Å². The predicted molar refractivity (Wildman–Crippen MR) is 73.1 cm³/mol. The third-order valence-electron chi connectivity index (χ3n) is 2.01. The molecule has 0 spiro atoms. The van der Waals surface area contributed by atoms with Gasteiger partial charge in [0.1, 0.15) is 12.4 Å². The molecule has 1 rings (SSSR count). The minimum absolute atomic E-state index is 0.0113. The summed E-state index contributed by atoms with van der Waals surface area (Å²) >= 11 is 5.47. The van der Waals surface area contributed by atoms with E-state index in [4.69, 9.17) is 22.1 Å². The van der Waals surface area contributed by atoms with Crippen molar-refractivity contribution in [1.29, 1.82) is 0 Å². The lowest BCUT2D eigenvalue weighted by Gasteiger charge is -2.09. The minimum Gasteiger partial charge on any atom is -0.490 e. The normalized spacial score (nSPS) is 11.2. The Bertz CT molecular complexity index is 517. The molecule has 0 aliphatic carbocycles. The first kappa shape index (κ1) is 14.8. The number of nitrogens with two attached hydrogens (primary N) is 1. The lowest BCUT2D eigenvalue weighted by molar-refractivity contribution is 0.342. The number of hydrogen-bond acceptors (Lipinski definition) is 4. The molecule has 0 aliphatic rings. The fourth-order valence-electron chi connectivity index (χ4n) is 1.13. The Labute approximate surface area is 112 Å². The quantitative estimate of drug-likeness (QED) is 0.742. The van der Waals surface area contributed by atoms with Gasteiger partial charge in [-0.2, -0.15) is 0 Å². The van der Waals surface area contributed by atoms with Crippen molar-refractivity contribution in [3.05, 3.63) is 35.9 Å². The molecule has 0 aliphatic heterocycles. The van der Waals surface area contributed by atoms with Crippen LogP contribution < -0.4 is 15.2 Å². The molecule has 0 saturated carbocycles. The molecule has 0 unspecified atom stereocenters. The van der Waals surface area contributed by atoms with Crippen molar-refractivity contribution >= 4 is 27.3 Å². The number of nitrogen functional groups attached to an aromatic ring is 1. The lowest BCUT2D eigenvalue weighted by Crippen LogP contribution is -2.29. The van der Waals surface area contributed by atoms with Gasteiger partial charge in [-0.1, -0.05) is 30.3 Å². The Morgan fingerprint density at radius 1 is 1.44 bits per heavy atom. The molecule has 0 fully saturated rings. The maximum atomic E-state index is 11.5. The van der Waals surface area contributed by atoms with E-state index in [1.165, 1.54) is 0 Å². The molecule has 1 aromatic rings. The molecular formula is C11H15ClN2O3S. The molecule has 0 saturated heterocycles. The second-order valence-corrected chi connectivity index (χ2v) is 6.00. The summed E-state index contributed by atoms with van der Waals surface area (Å²) in [4.78, 5) is 0. The van der Waals surface area contributed by atoms with Crippen molar-refractivity contribution in [3.63, 3.8) is 0 Å². The topological polar surface area (TPSA) is 81.4 Å². The zero-order valence-electron chi connectivity index (χ0n) is 9.73. The van der Waals surface area contributed by atoms with Crippen LogP contribution in [-0.4, -0.2) is 27.3 Å². The largest absolute Gasteiger partial charge is 0.490 e. The first-order valence-electron chi connectivity index (χ1n) is 5.18. The number of sulfonamides is 1. The Balaban J connectivity index is 2.42. The molecule has 7 heteroatoms. The van der Waals surface area contributed by atoms with Gasteiger partial charge in [-0.15, -0.1) is 0 Å². The molecule has 0 heterocycles. The lowest BCUT2D eigenvalue weighted by atomic mass is 10.3. The van der Waals surface area contributed by atoms with Gasteiger partial charge < -0.3 is 10.5 Å². The summed E-state index contributed by atoms with van der Waals surface area (Å²) in [5, 5.41) is 0.229.